The summed E-state index contributed by atoms with van der Waals surface area (Å²) in [5.41, 5.74) is 0. The molecule has 2 N–H and O–H groups in total. The molecule has 1 amide bonds. The van der Waals surface area contributed by atoms with Crippen molar-refractivity contribution in [1.29, 1.82) is 0 Å². The van der Waals surface area contributed by atoms with E-state index in [-0.39, 0.29) is 12.5 Å². The minimum atomic E-state index is 0.0780. The van der Waals surface area contributed by atoms with Crippen LogP contribution in [0, 0.1) is 0 Å². The largest absolute Gasteiger partial charge is 0.395 e. The molecule has 0 saturated carbocycles. The van der Waals surface area contributed by atoms with Gasteiger partial charge < -0.3 is 10.4 Å². The molecule has 0 unspecified atom stereocenters. The molecule has 0 heterocycles. The van der Waals surface area contributed by atoms with Gasteiger partial charge in [0, 0.05) is 26.1 Å². The van der Waals surface area contributed by atoms with Crippen LogP contribution in [0.25, 0.3) is 0 Å². The Labute approximate surface area is 149 Å². The summed E-state index contributed by atoms with van der Waals surface area (Å²) in [4.78, 5) is 13.9. The summed E-state index contributed by atoms with van der Waals surface area (Å²) in [6.07, 6.45) is 16.9. The summed E-state index contributed by atoms with van der Waals surface area (Å²) in [7, 11) is 0. The minimum Gasteiger partial charge on any atom is -0.395 e. The lowest BCUT2D eigenvalue weighted by Crippen LogP contribution is -2.36. The molecule has 4 nitrogen and oxygen atoms in total. The van der Waals surface area contributed by atoms with Crippen LogP contribution < -0.4 is 5.32 Å². The fourth-order valence-corrected chi connectivity index (χ4v) is 2.37. The van der Waals surface area contributed by atoms with Gasteiger partial charge in [0.25, 0.3) is 0 Å². The molecule has 0 aliphatic heterocycles. The number of hydrogen-bond acceptors (Lipinski definition) is 3. The Morgan fingerprint density at radius 1 is 0.917 bits per heavy atom. The van der Waals surface area contributed by atoms with Crippen LogP contribution in [0.2, 0.25) is 0 Å². The first-order valence-electron chi connectivity index (χ1n) is 9.64. The number of aliphatic hydroxyl groups excluding tert-OH is 1. The van der Waals surface area contributed by atoms with E-state index in [1.165, 1.54) is 19.3 Å². The first-order chi connectivity index (χ1) is 11.7. The van der Waals surface area contributed by atoms with Gasteiger partial charge in [-0.05, 0) is 32.2 Å². The smallest absolute Gasteiger partial charge is 0.223 e. The van der Waals surface area contributed by atoms with Crippen molar-refractivity contribution in [2.45, 2.75) is 65.2 Å². The quantitative estimate of drug-likeness (QED) is 0.333. The fourth-order valence-electron chi connectivity index (χ4n) is 2.37. The van der Waals surface area contributed by atoms with E-state index in [0.29, 0.717) is 19.5 Å². The van der Waals surface area contributed by atoms with E-state index in [9.17, 15) is 4.79 Å². The summed E-state index contributed by atoms with van der Waals surface area (Å²) >= 11 is 0. The van der Waals surface area contributed by atoms with Gasteiger partial charge in [-0.15, -0.1) is 0 Å². The Kier molecular flexibility index (Phi) is 17.4. The minimum absolute atomic E-state index is 0.0780. The Hall–Kier alpha value is -1.13. The second-order valence-corrected chi connectivity index (χ2v) is 6.14. The van der Waals surface area contributed by atoms with Gasteiger partial charge in [-0.2, -0.15) is 0 Å². The monoisotopic (exact) mass is 338 g/mol. The molecule has 0 radical (unpaired) electrons. The average molecular weight is 339 g/mol. The molecule has 0 bridgehead atoms. The first kappa shape index (κ1) is 22.9. The van der Waals surface area contributed by atoms with E-state index < -0.39 is 0 Å². The molecule has 0 aliphatic rings. The molecule has 0 aromatic carbocycles. The van der Waals surface area contributed by atoms with Gasteiger partial charge in [0.1, 0.15) is 0 Å². The lowest BCUT2D eigenvalue weighted by atomic mass is 10.2. The summed E-state index contributed by atoms with van der Waals surface area (Å²) in [6, 6.07) is 0. The van der Waals surface area contributed by atoms with Gasteiger partial charge in [-0.3, -0.25) is 9.69 Å². The van der Waals surface area contributed by atoms with Crippen LogP contribution in [0.15, 0.2) is 24.3 Å². The van der Waals surface area contributed by atoms with Crippen molar-refractivity contribution in [3.63, 3.8) is 0 Å². The lowest BCUT2D eigenvalue weighted by molar-refractivity contribution is -0.120. The van der Waals surface area contributed by atoms with Crippen LogP contribution >= 0.6 is 0 Å². The highest BCUT2D eigenvalue weighted by Gasteiger charge is 2.04. The molecule has 0 aromatic rings. The number of carbonyl (C=O) groups excluding carboxylic acids is 1. The third-order valence-corrected chi connectivity index (χ3v) is 3.83. The van der Waals surface area contributed by atoms with Crippen molar-refractivity contribution in [3.8, 4) is 0 Å². The number of carbonyl (C=O) groups is 1. The maximum absolute atomic E-state index is 11.7. The van der Waals surface area contributed by atoms with Crippen molar-refractivity contribution in [2.24, 2.45) is 0 Å². The van der Waals surface area contributed by atoms with Crippen molar-refractivity contribution >= 4 is 5.91 Å². The third kappa shape index (κ3) is 15.8. The van der Waals surface area contributed by atoms with Crippen molar-refractivity contribution in [2.75, 3.05) is 32.8 Å². The number of nitrogens with one attached hydrogen (secondary N) is 1. The van der Waals surface area contributed by atoms with Crippen LogP contribution in [-0.4, -0.2) is 48.7 Å². The number of unbranched alkanes of at least 4 members (excludes halogenated alkanes) is 4. The number of aliphatic hydroxyl groups is 1. The van der Waals surface area contributed by atoms with Crippen LogP contribution in [0.5, 0.6) is 0 Å². The third-order valence-electron chi connectivity index (χ3n) is 3.83. The summed E-state index contributed by atoms with van der Waals surface area (Å²) in [6.45, 7) is 7.59. The van der Waals surface area contributed by atoms with Crippen LogP contribution in [0.4, 0.5) is 0 Å². The molecule has 0 saturated heterocycles. The van der Waals surface area contributed by atoms with Crippen LogP contribution in [0.3, 0.4) is 0 Å². The number of amides is 1. The number of nitrogens with zero attached hydrogens (tertiary/aromatic N) is 1. The maximum atomic E-state index is 11.7. The predicted molar refractivity (Wildman–Crippen MR) is 103 cm³/mol. The Morgan fingerprint density at radius 2 is 1.62 bits per heavy atom. The Bertz CT molecular complexity index is 341. The molecule has 0 fully saturated rings. The zero-order valence-corrected chi connectivity index (χ0v) is 15.8. The van der Waals surface area contributed by atoms with Gasteiger partial charge in [-0.1, -0.05) is 57.4 Å². The van der Waals surface area contributed by atoms with Gasteiger partial charge in [0.05, 0.1) is 6.61 Å². The Balaban J connectivity index is 3.79. The second-order valence-electron chi connectivity index (χ2n) is 6.14. The van der Waals surface area contributed by atoms with E-state index in [1.807, 2.05) is 6.08 Å². The van der Waals surface area contributed by atoms with E-state index in [4.69, 9.17) is 5.11 Å². The zero-order valence-electron chi connectivity index (χ0n) is 15.8. The average Bonchev–Trinajstić information content (AvgIpc) is 2.57. The highest BCUT2D eigenvalue weighted by Crippen LogP contribution is 1.99. The van der Waals surface area contributed by atoms with Gasteiger partial charge in [-0.25, -0.2) is 0 Å². The normalized spacial score (nSPS) is 11.8. The summed E-state index contributed by atoms with van der Waals surface area (Å²) < 4.78 is 0. The molecule has 0 atom stereocenters. The van der Waals surface area contributed by atoms with Crippen LogP contribution in [-0.2, 0) is 4.79 Å². The van der Waals surface area contributed by atoms with E-state index >= 15 is 0 Å². The molecule has 0 aliphatic carbocycles. The highest BCUT2D eigenvalue weighted by molar-refractivity contribution is 5.77. The molecule has 0 rings (SSSR count). The SMILES string of the molecule is CCC/C=C/CCCN(CCO)CCNC(=O)C/C=C/CCCC. The topological polar surface area (TPSA) is 52.6 Å². The molecule has 140 valence electrons. The number of allylic oxidation sites excluding steroid dienone is 3. The van der Waals surface area contributed by atoms with Gasteiger partial charge >= 0.3 is 0 Å². The van der Waals surface area contributed by atoms with E-state index in [1.54, 1.807) is 0 Å². The zero-order chi connectivity index (χ0) is 17.9. The van der Waals surface area contributed by atoms with Crippen molar-refractivity contribution < 1.29 is 9.90 Å². The summed E-state index contributed by atoms with van der Waals surface area (Å²) in [5, 5.41) is 12.1. The maximum Gasteiger partial charge on any atom is 0.223 e. The summed E-state index contributed by atoms with van der Waals surface area (Å²) in [5.74, 6) is 0.0780. The van der Waals surface area contributed by atoms with Crippen molar-refractivity contribution in [1.82, 2.24) is 10.2 Å². The van der Waals surface area contributed by atoms with Gasteiger partial charge in [0.15, 0.2) is 0 Å². The first-order valence-corrected chi connectivity index (χ1v) is 9.64. The molecular formula is C20H38N2O2. The predicted octanol–water partition coefficient (Wildman–Crippen LogP) is 3.67. The number of hydrogen-bond donors (Lipinski definition) is 2. The standard InChI is InChI=1S/C20H38N2O2/c1-3-5-7-9-11-13-16-22(18-19-23)17-15-21-20(24)14-12-10-8-6-4-2/h7,9-10,12,23H,3-6,8,11,13-19H2,1-2H3,(H,21,24)/b9-7+,12-10+. The van der Waals surface area contributed by atoms with E-state index in [0.717, 1.165) is 38.8 Å². The van der Waals surface area contributed by atoms with E-state index in [2.05, 4.69) is 42.3 Å². The lowest BCUT2D eigenvalue weighted by Gasteiger charge is -2.21. The number of rotatable bonds is 16. The second kappa shape index (κ2) is 18.2. The Morgan fingerprint density at radius 3 is 2.33 bits per heavy atom. The molecular weight excluding hydrogens is 300 g/mol. The fraction of sp³-hybridized carbons (Fsp3) is 0.750. The molecule has 24 heavy (non-hydrogen) atoms. The van der Waals surface area contributed by atoms with Crippen LogP contribution in [0.1, 0.15) is 65.2 Å². The molecule has 4 heteroatoms. The highest BCUT2D eigenvalue weighted by atomic mass is 16.3. The molecule has 0 spiro atoms. The van der Waals surface area contributed by atoms with Gasteiger partial charge in [0.2, 0.25) is 5.91 Å². The van der Waals surface area contributed by atoms with Crippen molar-refractivity contribution in [3.05, 3.63) is 24.3 Å². The molecule has 0 aromatic heterocycles.